The first-order valence-corrected chi connectivity index (χ1v) is 8.50. The summed E-state index contributed by atoms with van der Waals surface area (Å²) in [6.45, 7) is 4.56. The van der Waals surface area contributed by atoms with E-state index in [0.717, 1.165) is 12.8 Å². The van der Waals surface area contributed by atoms with Gasteiger partial charge in [0, 0.05) is 18.6 Å². The topological polar surface area (TPSA) is 62.6 Å². The number of hydrogen-bond donors (Lipinski definition) is 1. The SMILES string of the molecule is C=CCN(C1CC1)S(=O)(=O)c1ccc(CNC2CC2)o1. The summed E-state index contributed by atoms with van der Waals surface area (Å²) in [6, 6.07) is 3.97. The second kappa shape index (κ2) is 5.35. The molecule has 6 heteroatoms. The molecular weight excluding hydrogens is 276 g/mol. The van der Waals surface area contributed by atoms with Gasteiger partial charge in [0.1, 0.15) is 5.76 Å². The molecule has 2 aliphatic rings. The monoisotopic (exact) mass is 296 g/mol. The first-order chi connectivity index (χ1) is 9.61. The van der Waals surface area contributed by atoms with E-state index in [1.807, 2.05) is 0 Å². The lowest BCUT2D eigenvalue weighted by molar-refractivity contribution is 0.370. The van der Waals surface area contributed by atoms with Crippen molar-refractivity contribution in [3.05, 3.63) is 30.5 Å². The van der Waals surface area contributed by atoms with E-state index in [0.29, 0.717) is 24.9 Å². The first-order valence-electron chi connectivity index (χ1n) is 7.06. The van der Waals surface area contributed by atoms with Gasteiger partial charge >= 0.3 is 0 Å². The van der Waals surface area contributed by atoms with Crippen molar-refractivity contribution in [2.24, 2.45) is 0 Å². The third kappa shape index (κ3) is 2.97. The molecule has 0 saturated heterocycles. The van der Waals surface area contributed by atoms with Crippen LogP contribution in [0.3, 0.4) is 0 Å². The van der Waals surface area contributed by atoms with Gasteiger partial charge in [0.05, 0.1) is 6.54 Å². The van der Waals surface area contributed by atoms with Gasteiger partial charge in [-0.1, -0.05) is 6.08 Å². The van der Waals surface area contributed by atoms with Crippen molar-refractivity contribution in [3.63, 3.8) is 0 Å². The molecule has 1 aromatic rings. The van der Waals surface area contributed by atoms with Gasteiger partial charge in [-0.05, 0) is 37.8 Å². The third-order valence-electron chi connectivity index (χ3n) is 3.61. The Hall–Kier alpha value is -1.11. The average molecular weight is 296 g/mol. The highest BCUT2D eigenvalue weighted by Crippen LogP contribution is 2.32. The molecule has 0 atom stereocenters. The molecule has 2 saturated carbocycles. The summed E-state index contributed by atoms with van der Waals surface area (Å²) in [4.78, 5) is 0. The van der Waals surface area contributed by atoms with E-state index in [4.69, 9.17) is 4.42 Å². The Balaban J connectivity index is 1.73. The van der Waals surface area contributed by atoms with E-state index in [9.17, 15) is 8.42 Å². The van der Waals surface area contributed by atoms with Crippen LogP contribution >= 0.6 is 0 Å². The van der Waals surface area contributed by atoms with Crippen molar-refractivity contribution in [1.29, 1.82) is 0 Å². The van der Waals surface area contributed by atoms with Crippen molar-refractivity contribution >= 4 is 10.0 Å². The Kier molecular flexibility index (Phi) is 3.70. The Morgan fingerprint density at radius 2 is 2.10 bits per heavy atom. The molecule has 2 fully saturated rings. The molecule has 0 aromatic carbocycles. The predicted molar refractivity (Wildman–Crippen MR) is 75.7 cm³/mol. The van der Waals surface area contributed by atoms with Crippen LogP contribution in [-0.4, -0.2) is 31.4 Å². The standard InChI is InChI=1S/C14H20N2O3S/c1-2-9-16(12-5-6-12)20(17,18)14-8-7-13(19-14)10-15-11-3-4-11/h2,7-8,11-12,15H,1,3-6,9-10H2. The summed E-state index contributed by atoms with van der Waals surface area (Å²) < 4.78 is 32.1. The third-order valence-corrected chi connectivity index (χ3v) is 5.40. The lowest BCUT2D eigenvalue weighted by Crippen LogP contribution is -2.33. The molecule has 0 amide bonds. The summed E-state index contributed by atoms with van der Waals surface area (Å²) in [7, 11) is -3.53. The van der Waals surface area contributed by atoms with Crippen LogP contribution in [0.5, 0.6) is 0 Å². The van der Waals surface area contributed by atoms with Crippen LogP contribution in [0.25, 0.3) is 0 Å². The minimum Gasteiger partial charge on any atom is -0.447 e. The fraction of sp³-hybridized carbons (Fsp3) is 0.571. The zero-order chi connectivity index (χ0) is 14.2. The molecule has 0 unspecified atom stereocenters. The maximum atomic E-state index is 12.5. The molecule has 0 spiro atoms. The Labute approximate surface area is 119 Å². The fourth-order valence-corrected chi connectivity index (χ4v) is 3.76. The molecule has 3 rings (SSSR count). The number of nitrogens with one attached hydrogen (secondary N) is 1. The molecule has 1 aromatic heterocycles. The van der Waals surface area contributed by atoms with E-state index >= 15 is 0 Å². The van der Waals surface area contributed by atoms with Crippen molar-refractivity contribution in [2.45, 2.75) is 49.4 Å². The van der Waals surface area contributed by atoms with E-state index in [1.54, 1.807) is 18.2 Å². The molecular formula is C14H20N2O3S. The zero-order valence-corrected chi connectivity index (χ0v) is 12.2. The molecule has 2 aliphatic carbocycles. The molecule has 1 N–H and O–H groups in total. The number of hydrogen-bond acceptors (Lipinski definition) is 4. The summed E-state index contributed by atoms with van der Waals surface area (Å²) in [6.07, 6.45) is 5.85. The summed E-state index contributed by atoms with van der Waals surface area (Å²) >= 11 is 0. The van der Waals surface area contributed by atoms with Gasteiger partial charge in [-0.3, -0.25) is 0 Å². The van der Waals surface area contributed by atoms with E-state index < -0.39 is 10.0 Å². The minimum absolute atomic E-state index is 0.0406. The van der Waals surface area contributed by atoms with Gasteiger partial charge < -0.3 is 9.73 Å². The van der Waals surface area contributed by atoms with E-state index in [2.05, 4.69) is 11.9 Å². The number of sulfonamides is 1. The van der Waals surface area contributed by atoms with Crippen molar-refractivity contribution in [1.82, 2.24) is 9.62 Å². The van der Waals surface area contributed by atoms with Gasteiger partial charge in [-0.15, -0.1) is 6.58 Å². The number of nitrogens with zero attached hydrogens (tertiary/aromatic N) is 1. The van der Waals surface area contributed by atoms with Crippen LogP contribution in [0.15, 0.2) is 34.3 Å². The number of furan rings is 1. The normalized spacial score (nSPS) is 19.4. The van der Waals surface area contributed by atoms with Gasteiger partial charge in [0.25, 0.3) is 10.0 Å². The van der Waals surface area contributed by atoms with Crippen molar-refractivity contribution in [2.75, 3.05) is 6.54 Å². The van der Waals surface area contributed by atoms with Crippen LogP contribution in [0, 0.1) is 0 Å². The highest BCUT2D eigenvalue weighted by atomic mass is 32.2. The van der Waals surface area contributed by atoms with Crippen LogP contribution in [-0.2, 0) is 16.6 Å². The Morgan fingerprint density at radius 1 is 1.35 bits per heavy atom. The fourth-order valence-electron chi connectivity index (χ4n) is 2.17. The van der Waals surface area contributed by atoms with E-state index in [-0.39, 0.29) is 11.1 Å². The molecule has 110 valence electrons. The van der Waals surface area contributed by atoms with Crippen LogP contribution < -0.4 is 5.32 Å². The van der Waals surface area contributed by atoms with Crippen LogP contribution in [0.1, 0.15) is 31.4 Å². The van der Waals surface area contributed by atoms with Gasteiger partial charge in [0.2, 0.25) is 5.09 Å². The highest BCUT2D eigenvalue weighted by molar-refractivity contribution is 7.89. The number of rotatable bonds is 8. The summed E-state index contributed by atoms with van der Waals surface area (Å²) in [5, 5.41) is 3.35. The lowest BCUT2D eigenvalue weighted by Gasteiger charge is -2.18. The second-order valence-corrected chi connectivity index (χ2v) is 7.29. The van der Waals surface area contributed by atoms with E-state index in [1.165, 1.54) is 17.1 Å². The van der Waals surface area contributed by atoms with Crippen molar-refractivity contribution < 1.29 is 12.8 Å². The van der Waals surface area contributed by atoms with Gasteiger partial charge in [-0.2, -0.15) is 4.31 Å². The Bertz CT molecular complexity index is 585. The smallest absolute Gasteiger partial charge is 0.276 e. The molecule has 0 radical (unpaired) electrons. The van der Waals surface area contributed by atoms with Crippen LogP contribution in [0.2, 0.25) is 0 Å². The predicted octanol–water partition coefficient (Wildman–Crippen LogP) is 1.87. The molecule has 1 heterocycles. The molecule has 20 heavy (non-hydrogen) atoms. The average Bonchev–Trinajstić information content (AvgIpc) is 3.33. The van der Waals surface area contributed by atoms with Crippen molar-refractivity contribution in [3.8, 4) is 0 Å². The first kappa shape index (κ1) is 13.9. The van der Waals surface area contributed by atoms with Gasteiger partial charge in [-0.25, -0.2) is 8.42 Å². The highest BCUT2D eigenvalue weighted by Gasteiger charge is 2.38. The summed E-state index contributed by atoms with van der Waals surface area (Å²) in [5.74, 6) is 0.671. The molecule has 0 aliphatic heterocycles. The zero-order valence-electron chi connectivity index (χ0n) is 11.4. The van der Waals surface area contributed by atoms with Crippen LogP contribution in [0.4, 0.5) is 0 Å². The quantitative estimate of drug-likeness (QED) is 0.744. The maximum Gasteiger partial charge on any atom is 0.276 e. The summed E-state index contributed by atoms with van der Waals surface area (Å²) in [5.41, 5.74) is 0. The van der Waals surface area contributed by atoms with Gasteiger partial charge in [0.15, 0.2) is 0 Å². The second-order valence-electron chi connectivity index (χ2n) is 5.47. The maximum absolute atomic E-state index is 12.5. The lowest BCUT2D eigenvalue weighted by atomic mass is 10.4. The largest absolute Gasteiger partial charge is 0.447 e. The Morgan fingerprint density at radius 3 is 2.70 bits per heavy atom. The molecule has 0 bridgehead atoms. The minimum atomic E-state index is -3.53. The molecule has 5 nitrogen and oxygen atoms in total.